The SMILES string of the molecule is CCC(C)(C)C1CCC2(CCC(=O)O2)CC1. The first kappa shape index (κ1) is 11.9. The van der Waals surface area contributed by atoms with Crippen LogP contribution in [0.2, 0.25) is 0 Å². The highest BCUT2D eigenvalue weighted by Gasteiger charge is 2.45. The lowest BCUT2D eigenvalue weighted by Gasteiger charge is -2.42. The number of esters is 1. The van der Waals surface area contributed by atoms with Crippen molar-refractivity contribution in [2.24, 2.45) is 11.3 Å². The van der Waals surface area contributed by atoms with Crippen molar-refractivity contribution in [1.29, 1.82) is 0 Å². The molecule has 0 aromatic carbocycles. The standard InChI is InChI=1S/C14H24O2/c1-4-13(2,3)11-5-8-14(9-6-11)10-7-12(15)16-14/h11H,4-10H2,1-3H3. The van der Waals surface area contributed by atoms with E-state index in [9.17, 15) is 4.79 Å². The van der Waals surface area contributed by atoms with Gasteiger partial charge in [0.25, 0.3) is 0 Å². The molecule has 1 aliphatic heterocycles. The highest BCUT2D eigenvalue weighted by atomic mass is 16.6. The van der Waals surface area contributed by atoms with Crippen LogP contribution in [0.1, 0.15) is 65.7 Å². The van der Waals surface area contributed by atoms with E-state index in [0.717, 1.165) is 25.2 Å². The first-order valence-corrected chi connectivity index (χ1v) is 6.69. The maximum atomic E-state index is 11.2. The maximum Gasteiger partial charge on any atom is 0.306 e. The van der Waals surface area contributed by atoms with Gasteiger partial charge in [0.2, 0.25) is 0 Å². The third-order valence-electron chi connectivity index (χ3n) is 5.03. The Kier molecular flexibility index (Phi) is 3.02. The van der Waals surface area contributed by atoms with Gasteiger partial charge in [0.1, 0.15) is 5.60 Å². The average molecular weight is 224 g/mol. The summed E-state index contributed by atoms with van der Waals surface area (Å²) < 4.78 is 5.55. The van der Waals surface area contributed by atoms with Crippen LogP contribution in [0.15, 0.2) is 0 Å². The Balaban J connectivity index is 1.94. The second kappa shape index (κ2) is 4.05. The third-order valence-corrected chi connectivity index (χ3v) is 5.03. The summed E-state index contributed by atoms with van der Waals surface area (Å²) in [6, 6.07) is 0. The van der Waals surface area contributed by atoms with Crippen molar-refractivity contribution in [1.82, 2.24) is 0 Å². The second-order valence-corrected chi connectivity index (χ2v) is 6.27. The number of rotatable bonds is 2. The van der Waals surface area contributed by atoms with Gasteiger partial charge in [-0.05, 0) is 43.4 Å². The molecule has 0 aromatic heterocycles. The first-order chi connectivity index (χ1) is 7.47. The third kappa shape index (κ3) is 2.11. The smallest absolute Gasteiger partial charge is 0.306 e. The van der Waals surface area contributed by atoms with Crippen molar-refractivity contribution >= 4 is 5.97 Å². The molecule has 0 N–H and O–H groups in total. The van der Waals surface area contributed by atoms with Crippen LogP contribution in [-0.4, -0.2) is 11.6 Å². The Morgan fingerprint density at radius 1 is 1.31 bits per heavy atom. The number of hydrogen-bond donors (Lipinski definition) is 0. The van der Waals surface area contributed by atoms with Gasteiger partial charge >= 0.3 is 5.97 Å². The quantitative estimate of drug-likeness (QED) is 0.669. The molecule has 16 heavy (non-hydrogen) atoms. The van der Waals surface area contributed by atoms with Gasteiger partial charge in [0.05, 0.1) is 0 Å². The molecule has 1 saturated heterocycles. The molecule has 1 saturated carbocycles. The van der Waals surface area contributed by atoms with Crippen LogP contribution in [0.25, 0.3) is 0 Å². The van der Waals surface area contributed by atoms with Crippen LogP contribution in [0.3, 0.4) is 0 Å². The molecule has 1 spiro atoms. The monoisotopic (exact) mass is 224 g/mol. The van der Waals surface area contributed by atoms with E-state index in [0.29, 0.717) is 11.8 Å². The normalized spacial score (nSPS) is 35.4. The van der Waals surface area contributed by atoms with Gasteiger partial charge in [-0.2, -0.15) is 0 Å². The molecule has 1 heterocycles. The molecule has 2 heteroatoms. The lowest BCUT2D eigenvalue weighted by molar-refractivity contribution is -0.152. The summed E-state index contributed by atoms with van der Waals surface area (Å²) >= 11 is 0. The average Bonchev–Trinajstić information content (AvgIpc) is 2.61. The van der Waals surface area contributed by atoms with Gasteiger partial charge in [0.15, 0.2) is 0 Å². The number of hydrogen-bond acceptors (Lipinski definition) is 2. The minimum Gasteiger partial charge on any atom is -0.459 e. The van der Waals surface area contributed by atoms with E-state index in [1.165, 1.54) is 19.3 Å². The van der Waals surface area contributed by atoms with Crippen LogP contribution in [0, 0.1) is 11.3 Å². The molecule has 0 atom stereocenters. The highest BCUT2D eigenvalue weighted by molar-refractivity contribution is 5.72. The van der Waals surface area contributed by atoms with E-state index in [2.05, 4.69) is 20.8 Å². The Bertz CT molecular complexity index is 272. The molecule has 0 bridgehead atoms. The van der Waals surface area contributed by atoms with Gasteiger partial charge in [-0.25, -0.2) is 0 Å². The number of carbonyl (C=O) groups is 1. The lowest BCUT2D eigenvalue weighted by Crippen LogP contribution is -2.37. The summed E-state index contributed by atoms with van der Waals surface area (Å²) in [6.07, 6.45) is 7.49. The Morgan fingerprint density at radius 2 is 1.94 bits per heavy atom. The topological polar surface area (TPSA) is 26.3 Å². The van der Waals surface area contributed by atoms with Crippen molar-refractivity contribution in [2.75, 3.05) is 0 Å². The summed E-state index contributed by atoms with van der Waals surface area (Å²) in [5.74, 6) is 0.829. The van der Waals surface area contributed by atoms with E-state index in [-0.39, 0.29) is 11.6 Å². The predicted octanol–water partition coefficient (Wildman–Crippen LogP) is 3.69. The van der Waals surface area contributed by atoms with Crippen LogP contribution >= 0.6 is 0 Å². The number of ether oxygens (including phenoxy) is 1. The molecule has 0 amide bonds. The summed E-state index contributed by atoms with van der Waals surface area (Å²) in [5, 5.41) is 0. The van der Waals surface area contributed by atoms with E-state index in [4.69, 9.17) is 4.74 Å². The summed E-state index contributed by atoms with van der Waals surface area (Å²) in [6.45, 7) is 7.02. The van der Waals surface area contributed by atoms with E-state index in [1.807, 2.05) is 0 Å². The number of carbonyl (C=O) groups excluding carboxylic acids is 1. The Hall–Kier alpha value is -0.530. The van der Waals surface area contributed by atoms with Crippen LogP contribution in [0.4, 0.5) is 0 Å². The Morgan fingerprint density at radius 3 is 2.38 bits per heavy atom. The van der Waals surface area contributed by atoms with Crippen molar-refractivity contribution in [3.05, 3.63) is 0 Å². The van der Waals surface area contributed by atoms with Gasteiger partial charge < -0.3 is 4.74 Å². The van der Waals surface area contributed by atoms with Crippen LogP contribution in [0.5, 0.6) is 0 Å². The first-order valence-electron chi connectivity index (χ1n) is 6.69. The molecule has 2 fully saturated rings. The van der Waals surface area contributed by atoms with Gasteiger partial charge in [-0.15, -0.1) is 0 Å². The molecule has 0 unspecified atom stereocenters. The fraction of sp³-hybridized carbons (Fsp3) is 0.929. The zero-order chi connectivity index (χ0) is 11.8. The molecular formula is C14H24O2. The molecule has 0 radical (unpaired) electrons. The van der Waals surface area contributed by atoms with E-state index in [1.54, 1.807) is 0 Å². The van der Waals surface area contributed by atoms with Gasteiger partial charge in [-0.3, -0.25) is 4.79 Å². The maximum absolute atomic E-state index is 11.2. The molecule has 2 aliphatic rings. The van der Waals surface area contributed by atoms with Gasteiger partial charge in [-0.1, -0.05) is 27.2 Å². The largest absolute Gasteiger partial charge is 0.459 e. The van der Waals surface area contributed by atoms with Crippen LogP contribution in [-0.2, 0) is 9.53 Å². The summed E-state index contributed by atoms with van der Waals surface area (Å²) in [4.78, 5) is 11.2. The molecule has 1 aliphatic carbocycles. The summed E-state index contributed by atoms with van der Waals surface area (Å²) in [5.41, 5.74) is 0.391. The lowest BCUT2D eigenvalue weighted by atomic mass is 9.66. The van der Waals surface area contributed by atoms with E-state index >= 15 is 0 Å². The fourth-order valence-electron chi connectivity index (χ4n) is 3.24. The van der Waals surface area contributed by atoms with Crippen molar-refractivity contribution < 1.29 is 9.53 Å². The molecule has 2 nitrogen and oxygen atoms in total. The predicted molar refractivity (Wildman–Crippen MR) is 64.1 cm³/mol. The van der Waals surface area contributed by atoms with Crippen molar-refractivity contribution in [3.8, 4) is 0 Å². The second-order valence-electron chi connectivity index (χ2n) is 6.27. The molecule has 92 valence electrons. The minimum atomic E-state index is -0.0581. The fourth-order valence-corrected chi connectivity index (χ4v) is 3.24. The zero-order valence-corrected chi connectivity index (χ0v) is 10.8. The van der Waals surface area contributed by atoms with Crippen LogP contribution < -0.4 is 0 Å². The van der Waals surface area contributed by atoms with Crippen molar-refractivity contribution in [3.63, 3.8) is 0 Å². The van der Waals surface area contributed by atoms with E-state index < -0.39 is 0 Å². The van der Waals surface area contributed by atoms with Crippen molar-refractivity contribution in [2.45, 2.75) is 71.3 Å². The molecular weight excluding hydrogens is 200 g/mol. The highest BCUT2D eigenvalue weighted by Crippen LogP contribution is 2.47. The molecule has 0 aromatic rings. The Labute approximate surface area is 98.7 Å². The minimum absolute atomic E-state index is 0.0215. The van der Waals surface area contributed by atoms with Gasteiger partial charge in [0, 0.05) is 6.42 Å². The molecule has 2 rings (SSSR count). The zero-order valence-electron chi connectivity index (χ0n) is 10.8. The summed E-state index contributed by atoms with van der Waals surface area (Å²) in [7, 11) is 0.